The fourth-order valence-corrected chi connectivity index (χ4v) is 10.6. The first-order valence-corrected chi connectivity index (χ1v) is 18.0. The Bertz CT molecular complexity index is 2770. The van der Waals surface area contributed by atoms with Crippen LogP contribution in [0, 0.1) is 0 Å². The Morgan fingerprint density at radius 1 is 0.413 bits per heavy atom. The van der Waals surface area contributed by atoms with E-state index in [1.807, 2.05) is 11.3 Å². The van der Waals surface area contributed by atoms with Gasteiger partial charge in [0.1, 0.15) is 0 Å². The van der Waals surface area contributed by atoms with E-state index in [2.05, 4.69) is 167 Å². The molecule has 0 aliphatic carbocycles. The maximum absolute atomic E-state index is 2.46. The molecule has 0 aliphatic rings. The molecule has 3 heterocycles. The summed E-state index contributed by atoms with van der Waals surface area (Å²) in [6, 6.07) is 58.2. The molecule has 7 aromatic carbocycles. The number of benzene rings is 7. The van der Waals surface area contributed by atoms with E-state index in [4.69, 9.17) is 0 Å². The van der Waals surface area contributed by atoms with Crippen LogP contribution >= 0.6 is 11.3 Å². The summed E-state index contributed by atoms with van der Waals surface area (Å²) < 4.78 is 7.96. The minimum atomic E-state index is 0.283. The van der Waals surface area contributed by atoms with Crippen LogP contribution in [-0.2, 0) is 0 Å². The monoisotopic (exact) mass is 670 g/mol. The number of hydrogen-bond acceptors (Lipinski definition) is 2. The van der Waals surface area contributed by atoms with Crippen LogP contribution in [0.1, 0.15) is 0 Å². The normalized spacial score (nSPS) is 11.9. The van der Waals surface area contributed by atoms with Gasteiger partial charge in [-0.05, 0) is 0 Å². The number of hydrogen-bond donors (Lipinski definition) is 0. The second-order valence-electron chi connectivity index (χ2n) is 11.8. The zero-order valence-electron chi connectivity index (χ0n) is 24.7. The van der Waals surface area contributed by atoms with Crippen LogP contribution in [0.3, 0.4) is 0 Å². The molecule has 0 spiro atoms. The van der Waals surface area contributed by atoms with Gasteiger partial charge in [-0.25, -0.2) is 0 Å². The van der Waals surface area contributed by atoms with Gasteiger partial charge in [0.25, 0.3) is 0 Å². The second kappa shape index (κ2) is 10.2. The molecule has 0 radical (unpaired) electrons. The summed E-state index contributed by atoms with van der Waals surface area (Å²) in [4.78, 5) is 2.46. The van der Waals surface area contributed by atoms with Crippen LogP contribution in [0.25, 0.3) is 67.0 Å². The van der Waals surface area contributed by atoms with Crippen molar-refractivity contribution in [3.05, 3.63) is 158 Å². The first-order chi connectivity index (χ1) is 22.8. The summed E-state index contributed by atoms with van der Waals surface area (Å²) in [5.74, 6) is 0. The third kappa shape index (κ3) is 3.95. The van der Waals surface area contributed by atoms with Gasteiger partial charge < -0.3 is 0 Å². The predicted octanol–water partition coefficient (Wildman–Crippen LogP) is 12.0. The number of nitrogens with zero attached hydrogens (tertiary/aromatic N) is 2. The molecule has 3 aromatic heterocycles. The van der Waals surface area contributed by atoms with Crippen molar-refractivity contribution < 1.29 is 0 Å². The number of aromatic nitrogens is 1. The molecule has 216 valence electrons. The SMILES string of the molecule is c1ccc(-n2c3ccccc3c3ccc(N(c4ccc5c(c4)[se]c4ccccc45)c4ccc5sc6ccccc6c5c4)cc32)cc1. The van der Waals surface area contributed by atoms with Crippen molar-refractivity contribution in [3.8, 4) is 5.69 Å². The van der Waals surface area contributed by atoms with Gasteiger partial charge in [-0.1, -0.05) is 0 Å². The molecule has 0 unspecified atom stereocenters. The van der Waals surface area contributed by atoms with Gasteiger partial charge in [-0.15, -0.1) is 0 Å². The maximum atomic E-state index is 2.46. The molecule has 0 fully saturated rings. The number of anilines is 3. The molecule has 2 nitrogen and oxygen atoms in total. The van der Waals surface area contributed by atoms with Crippen molar-refractivity contribution in [1.82, 2.24) is 4.57 Å². The van der Waals surface area contributed by atoms with Gasteiger partial charge >= 0.3 is 277 Å². The van der Waals surface area contributed by atoms with Crippen molar-refractivity contribution in [3.63, 3.8) is 0 Å². The molecule has 0 saturated heterocycles. The quantitative estimate of drug-likeness (QED) is 0.169. The molecule has 0 aliphatic heterocycles. The molecule has 0 bridgehead atoms. The van der Waals surface area contributed by atoms with Crippen LogP contribution in [-0.4, -0.2) is 19.1 Å². The van der Waals surface area contributed by atoms with Crippen LogP contribution in [0.5, 0.6) is 0 Å². The van der Waals surface area contributed by atoms with Crippen molar-refractivity contribution >= 4 is 104 Å². The molecular formula is C42H26N2SSe. The van der Waals surface area contributed by atoms with Gasteiger partial charge in [0.15, 0.2) is 0 Å². The summed E-state index contributed by atoms with van der Waals surface area (Å²) in [5, 5.41) is 7.91. The van der Waals surface area contributed by atoms with Gasteiger partial charge in [-0.2, -0.15) is 0 Å². The average Bonchev–Trinajstić information content (AvgIpc) is 3.77. The molecule has 0 atom stereocenters. The summed E-state index contributed by atoms with van der Waals surface area (Å²) >= 11 is 2.15. The number of rotatable bonds is 4. The molecule has 10 aromatic rings. The van der Waals surface area contributed by atoms with Crippen molar-refractivity contribution in [2.24, 2.45) is 0 Å². The van der Waals surface area contributed by atoms with Crippen molar-refractivity contribution in [1.29, 1.82) is 0 Å². The number of thiophene rings is 1. The first-order valence-electron chi connectivity index (χ1n) is 15.5. The topological polar surface area (TPSA) is 8.17 Å². The number of para-hydroxylation sites is 2. The van der Waals surface area contributed by atoms with Gasteiger partial charge in [-0.3, -0.25) is 0 Å². The fraction of sp³-hybridized carbons (Fsp3) is 0. The average molecular weight is 670 g/mol. The predicted molar refractivity (Wildman–Crippen MR) is 200 cm³/mol. The Balaban J connectivity index is 1.25. The van der Waals surface area contributed by atoms with E-state index in [9.17, 15) is 0 Å². The van der Waals surface area contributed by atoms with E-state index in [0.29, 0.717) is 0 Å². The Morgan fingerprint density at radius 3 is 1.91 bits per heavy atom. The van der Waals surface area contributed by atoms with Crippen molar-refractivity contribution in [2.75, 3.05) is 4.90 Å². The van der Waals surface area contributed by atoms with Gasteiger partial charge in [0, 0.05) is 0 Å². The molecule has 0 saturated carbocycles. The third-order valence-electron chi connectivity index (χ3n) is 9.17. The Labute approximate surface area is 275 Å². The Kier molecular flexibility index (Phi) is 5.79. The summed E-state index contributed by atoms with van der Waals surface area (Å²) in [5.41, 5.74) is 7.09. The van der Waals surface area contributed by atoms with E-state index in [-0.39, 0.29) is 14.5 Å². The fourth-order valence-electron chi connectivity index (χ4n) is 7.11. The molecule has 0 amide bonds. The van der Waals surface area contributed by atoms with E-state index < -0.39 is 0 Å². The Hall–Kier alpha value is -5.12. The molecule has 10 rings (SSSR count). The summed E-state index contributed by atoms with van der Waals surface area (Å²) in [6.45, 7) is 0. The van der Waals surface area contributed by atoms with E-state index >= 15 is 0 Å². The van der Waals surface area contributed by atoms with Crippen LogP contribution in [0.2, 0.25) is 0 Å². The molecule has 46 heavy (non-hydrogen) atoms. The molecule has 0 N–H and O–H groups in total. The van der Waals surface area contributed by atoms with E-state index in [1.54, 1.807) is 0 Å². The zero-order valence-corrected chi connectivity index (χ0v) is 27.3. The summed E-state index contributed by atoms with van der Waals surface area (Å²) in [7, 11) is 0. The van der Waals surface area contributed by atoms with E-state index in [1.165, 1.54) is 78.3 Å². The second-order valence-corrected chi connectivity index (χ2v) is 15.1. The van der Waals surface area contributed by atoms with Gasteiger partial charge in [0.2, 0.25) is 0 Å². The summed E-state index contributed by atoms with van der Waals surface area (Å²) in [6.07, 6.45) is 0. The van der Waals surface area contributed by atoms with Crippen LogP contribution in [0.15, 0.2) is 158 Å². The van der Waals surface area contributed by atoms with Crippen LogP contribution < -0.4 is 4.90 Å². The molecule has 4 heteroatoms. The van der Waals surface area contributed by atoms with Crippen molar-refractivity contribution in [2.45, 2.75) is 0 Å². The number of fused-ring (bicyclic) bond motifs is 9. The molecular weight excluding hydrogens is 644 g/mol. The van der Waals surface area contributed by atoms with Gasteiger partial charge in [0.05, 0.1) is 0 Å². The zero-order chi connectivity index (χ0) is 30.2. The van der Waals surface area contributed by atoms with Crippen LogP contribution in [0.4, 0.5) is 17.1 Å². The first kappa shape index (κ1) is 26.1. The Morgan fingerprint density at radius 2 is 1.02 bits per heavy atom. The third-order valence-corrected chi connectivity index (χ3v) is 12.7. The minimum absolute atomic E-state index is 0.283. The van der Waals surface area contributed by atoms with E-state index in [0.717, 1.165) is 5.69 Å². The standard InChI is InChI=1S/C42H26N2SSe/c1-2-10-27(11-3-1)44-37-15-7-4-12-31(37)32-21-18-29(25-38(32)44)43(28-20-23-40-36(24-28)33-13-5-8-16-39(33)45-40)30-19-22-35-34-14-6-9-17-41(34)46-42(35)26-30/h1-26H.